The number of H-pyrrole nitrogens is 1. The van der Waals surface area contributed by atoms with Crippen molar-refractivity contribution in [2.24, 2.45) is 0 Å². The van der Waals surface area contributed by atoms with Gasteiger partial charge >= 0.3 is 5.69 Å². The highest BCUT2D eigenvalue weighted by molar-refractivity contribution is 7.09. The summed E-state index contributed by atoms with van der Waals surface area (Å²) in [5.41, 5.74) is 1.86. The van der Waals surface area contributed by atoms with Crippen molar-refractivity contribution in [1.82, 2.24) is 9.55 Å². The molecule has 3 rings (SSSR count). The van der Waals surface area contributed by atoms with Gasteiger partial charge in [0.05, 0.1) is 11.0 Å². The topological polar surface area (TPSA) is 37.8 Å². The highest BCUT2D eigenvalue weighted by Crippen LogP contribution is 2.13. The molecule has 0 aliphatic rings. The van der Waals surface area contributed by atoms with Gasteiger partial charge in [0.2, 0.25) is 0 Å². The predicted molar refractivity (Wildman–Crippen MR) is 70.6 cm³/mol. The second-order valence-corrected chi connectivity index (χ2v) is 4.96. The second-order valence-electron chi connectivity index (χ2n) is 3.93. The first-order valence-corrected chi connectivity index (χ1v) is 6.42. The number of aromatic nitrogens is 2. The highest BCUT2D eigenvalue weighted by Gasteiger charge is 2.05. The number of nitrogens with zero attached hydrogens (tertiary/aromatic N) is 1. The van der Waals surface area contributed by atoms with Crippen LogP contribution in [0.4, 0.5) is 0 Å². The second kappa shape index (κ2) is 4.22. The van der Waals surface area contributed by atoms with E-state index in [1.54, 1.807) is 15.9 Å². The summed E-state index contributed by atoms with van der Waals surface area (Å²) in [6.45, 7) is 0.726. The number of thiophene rings is 1. The summed E-state index contributed by atoms with van der Waals surface area (Å²) in [7, 11) is 0. The number of nitrogens with one attached hydrogen (secondary N) is 1. The molecule has 4 heteroatoms. The van der Waals surface area contributed by atoms with Gasteiger partial charge in [-0.1, -0.05) is 18.2 Å². The molecule has 0 atom stereocenters. The molecule has 17 heavy (non-hydrogen) atoms. The Kier molecular flexibility index (Phi) is 2.57. The summed E-state index contributed by atoms with van der Waals surface area (Å²) < 4.78 is 1.80. The van der Waals surface area contributed by atoms with Crippen LogP contribution in [0, 0.1) is 0 Å². The first-order chi connectivity index (χ1) is 8.34. The standard InChI is InChI=1S/C13H12N2OS/c16-13-14-11-5-1-2-6-12(11)15(13)8-7-10-4-3-9-17-10/h1-6,9H,7-8H2,(H,14,16). The molecule has 0 saturated heterocycles. The Morgan fingerprint density at radius 1 is 1.18 bits per heavy atom. The maximum absolute atomic E-state index is 11.8. The normalized spacial score (nSPS) is 11.1. The quantitative estimate of drug-likeness (QED) is 0.755. The molecular formula is C13H12N2OS. The number of fused-ring (bicyclic) bond motifs is 1. The molecule has 0 spiro atoms. The van der Waals surface area contributed by atoms with Crippen LogP contribution in [-0.4, -0.2) is 9.55 Å². The van der Waals surface area contributed by atoms with E-state index in [0.29, 0.717) is 0 Å². The average molecular weight is 244 g/mol. The lowest BCUT2D eigenvalue weighted by Gasteiger charge is -2.01. The lowest BCUT2D eigenvalue weighted by molar-refractivity contribution is 0.697. The molecule has 0 amide bonds. The van der Waals surface area contributed by atoms with Crippen LogP contribution in [0.5, 0.6) is 0 Å². The van der Waals surface area contributed by atoms with Crippen LogP contribution in [0.3, 0.4) is 0 Å². The van der Waals surface area contributed by atoms with Crippen LogP contribution in [0.15, 0.2) is 46.6 Å². The van der Waals surface area contributed by atoms with Gasteiger partial charge in [-0.2, -0.15) is 0 Å². The van der Waals surface area contributed by atoms with E-state index in [-0.39, 0.29) is 5.69 Å². The summed E-state index contributed by atoms with van der Waals surface area (Å²) in [5, 5.41) is 2.06. The van der Waals surface area contributed by atoms with Crippen molar-refractivity contribution in [2.45, 2.75) is 13.0 Å². The SMILES string of the molecule is O=c1[nH]c2ccccc2n1CCc1cccs1. The Morgan fingerprint density at radius 2 is 2.06 bits per heavy atom. The number of imidazole rings is 1. The van der Waals surface area contributed by atoms with E-state index < -0.39 is 0 Å². The van der Waals surface area contributed by atoms with Crippen molar-refractivity contribution in [1.29, 1.82) is 0 Å². The van der Waals surface area contributed by atoms with Crippen LogP contribution < -0.4 is 5.69 Å². The van der Waals surface area contributed by atoms with Gasteiger partial charge < -0.3 is 4.98 Å². The molecule has 3 aromatic rings. The minimum Gasteiger partial charge on any atom is -0.306 e. The summed E-state index contributed by atoms with van der Waals surface area (Å²) in [5.74, 6) is 0. The van der Waals surface area contributed by atoms with Gasteiger partial charge in [0.15, 0.2) is 0 Å². The van der Waals surface area contributed by atoms with Gasteiger partial charge in [-0.3, -0.25) is 4.57 Å². The molecule has 3 nitrogen and oxygen atoms in total. The fourth-order valence-electron chi connectivity index (χ4n) is 2.01. The molecule has 2 heterocycles. The first kappa shape index (κ1) is 10.4. The summed E-state index contributed by atoms with van der Waals surface area (Å²) >= 11 is 1.73. The zero-order valence-electron chi connectivity index (χ0n) is 9.22. The molecule has 0 aliphatic carbocycles. The third-order valence-electron chi connectivity index (χ3n) is 2.84. The fraction of sp³-hybridized carbons (Fsp3) is 0.154. The number of aromatic amines is 1. The maximum atomic E-state index is 11.8. The van der Waals surface area contributed by atoms with Crippen molar-refractivity contribution in [3.63, 3.8) is 0 Å². The lowest BCUT2D eigenvalue weighted by Crippen LogP contribution is -2.17. The van der Waals surface area contributed by atoms with Crippen LogP contribution in [0.1, 0.15) is 4.88 Å². The van der Waals surface area contributed by atoms with Crippen LogP contribution in [0.25, 0.3) is 11.0 Å². The lowest BCUT2D eigenvalue weighted by atomic mass is 10.3. The minimum absolute atomic E-state index is 0.0252. The Bertz CT molecular complexity index is 679. The van der Waals surface area contributed by atoms with Crippen molar-refractivity contribution in [3.05, 3.63) is 57.1 Å². The molecule has 0 radical (unpaired) electrons. The van der Waals surface area contributed by atoms with Gasteiger partial charge in [-0.15, -0.1) is 11.3 Å². The molecule has 0 aliphatic heterocycles. The third kappa shape index (κ3) is 1.91. The van der Waals surface area contributed by atoms with Gasteiger partial charge in [-0.05, 0) is 30.0 Å². The Hall–Kier alpha value is -1.81. The summed E-state index contributed by atoms with van der Waals surface area (Å²) in [6, 6.07) is 11.9. The predicted octanol–water partition coefficient (Wildman–Crippen LogP) is 2.63. The first-order valence-electron chi connectivity index (χ1n) is 5.54. The summed E-state index contributed by atoms with van der Waals surface area (Å²) in [4.78, 5) is 16.0. The zero-order valence-corrected chi connectivity index (χ0v) is 10.0. The molecule has 2 aromatic heterocycles. The summed E-state index contributed by atoms with van der Waals surface area (Å²) in [6.07, 6.45) is 0.902. The Labute approximate surface area is 102 Å². The maximum Gasteiger partial charge on any atom is 0.326 e. The van der Waals surface area contributed by atoms with E-state index in [1.807, 2.05) is 30.3 Å². The van der Waals surface area contributed by atoms with E-state index in [2.05, 4.69) is 16.4 Å². The van der Waals surface area contributed by atoms with Crippen LogP contribution in [0.2, 0.25) is 0 Å². The number of aryl methyl sites for hydroxylation is 2. The average Bonchev–Trinajstić information content (AvgIpc) is 2.93. The van der Waals surface area contributed by atoms with Crippen LogP contribution in [-0.2, 0) is 13.0 Å². The van der Waals surface area contributed by atoms with E-state index in [4.69, 9.17) is 0 Å². The van der Waals surface area contributed by atoms with Gasteiger partial charge in [0.1, 0.15) is 0 Å². The van der Waals surface area contributed by atoms with E-state index in [1.165, 1.54) is 4.88 Å². The van der Waals surface area contributed by atoms with E-state index >= 15 is 0 Å². The molecule has 0 bridgehead atoms. The van der Waals surface area contributed by atoms with Crippen LogP contribution >= 0.6 is 11.3 Å². The monoisotopic (exact) mass is 244 g/mol. The molecule has 0 fully saturated rings. The number of hydrogen-bond acceptors (Lipinski definition) is 2. The highest BCUT2D eigenvalue weighted by atomic mass is 32.1. The smallest absolute Gasteiger partial charge is 0.306 e. The number of benzene rings is 1. The molecule has 86 valence electrons. The van der Waals surface area contributed by atoms with Gasteiger partial charge in [0, 0.05) is 11.4 Å². The molecule has 1 aromatic carbocycles. The molecule has 1 N–H and O–H groups in total. The Morgan fingerprint density at radius 3 is 2.88 bits per heavy atom. The number of rotatable bonds is 3. The minimum atomic E-state index is -0.0252. The third-order valence-corrected chi connectivity index (χ3v) is 3.78. The van der Waals surface area contributed by atoms with Crippen molar-refractivity contribution in [2.75, 3.05) is 0 Å². The number of hydrogen-bond donors (Lipinski definition) is 1. The van der Waals surface area contributed by atoms with Gasteiger partial charge in [-0.25, -0.2) is 4.79 Å². The Balaban J connectivity index is 1.94. The zero-order chi connectivity index (χ0) is 11.7. The molecule has 0 unspecified atom stereocenters. The van der Waals surface area contributed by atoms with Crippen molar-refractivity contribution < 1.29 is 0 Å². The van der Waals surface area contributed by atoms with Crippen molar-refractivity contribution >= 4 is 22.4 Å². The van der Waals surface area contributed by atoms with Gasteiger partial charge in [0.25, 0.3) is 0 Å². The fourth-order valence-corrected chi connectivity index (χ4v) is 2.70. The van der Waals surface area contributed by atoms with Crippen molar-refractivity contribution in [3.8, 4) is 0 Å². The number of para-hydroxylation sites is 2. The molecular weight excluding hydrogens is 232 g/mol. The van der Waals surface area contributed by atoms with E-state index in [0.717, 1.165) is 24.0 Å². The largest absolute Gasteiger partial charge is 0.326 e. The molecule has 0 saturated carbocycles. The van der Waals surface area contributed by atoms with E-state index in [9.17, 15) is 4.79 Å².